The van der Waals surface area contributed by atoms with Crippen LogP contribution in [0.5, 0.6) is 0 Å². The van der Waals surface area contributed by atoms with Crippen molar-refractivity contribution >= 4 is 39.5 Å². The summed E-state index contributed by atoms with van der Waals surface area (Å²) in [6.07, 6.45) is -4.64. The van der Waals surface area contributed by atoms with E-state index in [1.807, 2.05) is 0 Å². The molecule has 0 saturated carbocycles. The fourth-order valence-corrected chi connectivity index (χ4v) is 3.46. The topological polar surface area (TPSA) is 78.5 Å². The Morgan fingerprint density at radius 1 is 1.17 bits per heavy atom. The molecule has 2 aromatic rings. The third-order valence-corrected chi connectivity index (χ3v) is 5.25. The quantitative estimate of drug-likeness (QED) is 0.505. The molecule has 2 aromatic carbocycles. The second-order valence-electron chi connectivity index (χ2n) is 6.69. The number of carbonyl (C=O) groups excluding carboxylic acids is 3. The van der Waals surface area contributed by atoms with Gasteiger partial charge in [0.15, 0.2) is 0 Å². The Hall–Kier alpha value is -2.95. The molecule has 0 aromatic heterocycles. The Labute approximate surface area is 176 Å². The van der Waals surface area contributed by atoms with Crippen molar-refractivity contribution in [1.29, 1.82) is 0 Å². The summed E-state index contributed by atoms with van der Waals surface area (Å²) in [5.74, 6) is -2.14. The van der Waals surface area contributed by atoms with Gasteiger partial charge in [0.2, 0.25) is 5.91 Å². The summed E-state index contributed by atoms with van der Waals surface area (Å²) >= 11 is 2.80. The molecule has 1 aliphatic rings. The first kappa shape index (κ1) is 21.8. The number of hydrogen-bond acceptors (Lipinski definition) is 3. The predicted molar refractivity (Wildman–Crippen MR) is 102 cm³/mol. The van der Waals surface area contributed by atoms with E-state index in [0.29, 0.717) is 10.5 Å². The minimum atomic E-state index is -4.64. The number of alkyl halides is 3. The number of rotatable bonds is 4. The molecule has 11 heteroatoms. The van der Waals surface area contributed by atoms with Crippen molar-refractivity contribution in [1.82, 2.24) is 10.2 Å². The van der Waals surface area contributed by atoms with Crippen molar-refractivity contribution in [3.63, 3.8) is 0 Å². The molecule has 0 bridgehead atoms. The summed E-state index contributed by atoms with van der Waals surface area (Å²) in [6, 6.07) is 7.16. The van der Waals surface area contributed by atoms with Crippen LogP contribution in [0.15, 0.2) is 46.9 Å². The fourth-order valence-electron chi connectivity index (χ4n) is 2.98. The van der Waals surface area contributed by atoms with E-state index >= 15 is 0 Å². The molecule has 0 radical (unpaired) electrons. The van der Waals surface area contributed by atoms with Gasteiger partial charge in [-0.3, -0.25) is 14.5 Å². The molecular formula is C19H14BrF4N3O3. The minimum absolute atomic E-state index is 0.149. The normalized spacial score (nSPS) is 19.1. The molecule has 158 valence electrons. The van der Waals surface area contributed by atoms with E-state index in [-0.39, 0.29) is 10.2 Å². The van der Waals surface area contributed by atoms with Gasteiger partial charge in [-0.15, -0.1) is 0 Å². The molecule has 1 saturated heterocycles. The van der Waals surface area contributed by atoms with Crippen LogP contribution in [-0.2, 0) is 21.3 Å². The van der Waals surface area contributed by atoms with Gasteiger partial charge in [0.1, 0.15) is 17.9 Å². The summed E-state index contributed by atoms with van der Waals surface area (Å²) in [5.41, 5.74) is -2.33. The van der Waals surface area contributed by atoms with Gasteiger partial charge in [0, 0.05) is 10.2 Å². The van der Waals surface area contributed by atoms with E-state index in [4.69, 9.17) is 0 Å². The lowest BCUT2D eigenvalue weighted by Crippen LogP contribution is -2.42. The molecule has 1 heterocycles. The zero-order valence-electron chi connectivity index (χ0n) is 15.3. The van der Waals surface area contributed by atoms with Crippen LogP contribution in [0.25, 0.3) is 0 Å². The molecule has 3 rings (SSSR count). The number of carbonyl (C=O) groups is 3. The monoisotopic (exact) mass is 487 g/mol. The average Bonchev–Trinajstić information content (AvgIpc) is 2.87. The lowest BCUT2D eigenvalue weighted by molar-refractivity contribution is -0.138. The molecule has 1 aliphatic heterocycles. The molecule has 1 fully saturated rings. The first-order chi connectivity index (χ1) is 13.9. The van der Waals surface area contributed by atoms with E-state index in [1.165, 1.54) is 25.1 Å². The van der Waals surface area contributed by atoms with Crippen molar-refractivity contribution in [3.8, 4) is 0 Å². The highest BCUT2D eigenvalue weighted by molar-refractivity contribution is 9.10. The second kappa shape index (κ2) is 7.71. The van der Waals surface area contributed by atoms with Gasteiger partial charge in [0.25, 0.3) is 5.91 Å². The van der Waals surface area contributed by atoms with Crippen molar-refractivity contribution in [2.45, 2.75) is 18.6 Å². The van der Waals surface area contributed by atoms with Gasteiger partial charge in [-0.1, -0.05) is 28.1 Å². The Balaban J connectivity index is 1.75. The van der Waals surface area contributed by atoms with E-state index in [1.54, 1.807) is 0 Å². The van der Waals surface area contributed by atoms with Crippen molar-refractivity contribution < 1.29 is 31.9 Å². The zero-order chi connectivity index (χ0) is 22.3. The Kier molecular flexibility index (Phi) is 5.59. The molecular weight excluding hydrogens is 474 g/mol. The summed E-state index contributed by atoms with van der Waals surface area (Å²) in [7, 11) is 0. The maximum Gasteiger partial charge on any atom is 0.417 e. The van der Waals surface area contributed by atoms with E-state index in [9.17, 15) is 31.9 Å². The third-order valence-electron chi connectivity index (χ3n) is 4.55. The molecule has 0 unspecified atom stereocenters. The summed E-state index contributed by atoms with van der Waals surface area (Å²) in [6.45, 7) is 0.696. The number of halogens is 5. The fraction of sp³-hybridized carbons (Fsp3) is 0.211. The van der Waals surface area contributed by atoms with Gasteiger partial charge in [-0.05, 0) is 42.8 Å². The molecule has 6 nitrogen and oxygen atoms in total. The van der Waals surface area contributed by atoms with Gasteiger partial charge < -0.3 is 10.6 Å². The smallest absolute Gasteiger partial charge is 0.325 e. The SMILES string of the molecule is C[C@]1(c2ccc(F)cc2)NC(=O)N(CC(=O)Nc2ccc(Br)c(C(F)(F)F)c2)C1=O. The van der Waals surface area contributed by atoms with E-state index in [0.717, 1.165) is 24.3 Å². The second-order valence-corrected chi connectivity index (χ2v) is 7.55. The third kappa shape index (κ3) is 4.16. The standard InChI is InChI=1S/C19H14BrF4N3O3/c1-18(10-2-4-11(21)5-3-10)16(29)27(17(30)26-18)9-15(28)25-12-6-7-14(20)13(8-12)19(22,23)24/h2-8H,9H2,1H3,(H,25,28)(H,26,30)/t18-/m1/s1. The average molecular weight is 488 g/mol. The molecule has 4 amide bonds. The number of urea groups is 1. The predicted octanol–water partition coefficient (Wildman–Crippen LogP) is 4.01. The van der Waals surface area contributed by atoms with Gasteiger partial charge in [-0.2, -0.15) is 13.2 Å². The van der Waals surface area contributed by atoms with Crippen molar-refractivity contribution in [3.05, 3.63) is 63.9 Å². The maximum atomic E-state index is 13.1. The number of benzene rings is 2. The van der Waals surface area contributed by atoms with Crippen LogP contribution >= 0.6 is 15.9 Å². The van der Waals surface area contributed by atoms with Crippen LogP contribution in [0.1, 0.15) is 18.1 Å². The van der Waals surface area contributed by atoms with E-state index < -0.39 is 47.5 Å². The van der Waals surface area contributed by atoms with Gasteiger partial charge in [-0.25, -0.2) is 9.18 Å². The van der Waals surface area contributed by atoms with Gasteiger partial charge >= 0.3 is 12.2 Å². The maximum absolute atomic E-state index is 13.1. The number of nitrogens with zero attached hydrogens (tertiary/aromatic N) is 1. The minimum Gasteiger partial charge on any atom is -0.325 e. The lowest BCUT2D eigenvalue weighted by Gasteiger charge is -2.22. The highest BCUT2D eigenvalue weighted by atomic mass is 79.9. The lowest BCUT2D eigenvalue weighted by atomic mass is 9.92. The largest absolute Gasteiger partial charge is 0.417 e. The first-order valence-electron chi connectivity index (χ1n) is 8.48. The van der Waals surface area contributed by atoms with Crippen LogP contribution in [0.2, 0.25) is 0 Å². The number of nitrogens with one attached hydrogen (secondary N) is 2. The number of anilines is 1. The van der Waals surface area contributed by atoms with Crippen LogP contribution in [0.3, 0.4) is 0 Å². The molecule has 30 heavy (non-hydrogen) atoms. The van der Waals surface area contributed by atoms with Crippen LogP contribution in [0, 0.1) is 5.82 Å². The van der Waals surface area contributed by atoms with Crippen molar-refractivity contribution in [2.24, 2.45) is 0 Å². The summed E-state index contributed by atoms with van der Waals surface area (Å²) in [4.78, 5) is 37.9. The van der Waals surface area contributed by atoms with Crippen LogP contribution < -0.4 is 10.6 Å². The highest BCUT2D eigenvalue weighted by Crippen LogP contribution is 2.36. The Bertz CT molecular complexity index is 1030. The number of amides is 4. The van der Waals surface area contributed by atoms with E-state index in [2.05, 4.69) is 26.6 Å². The molecule has 0 aliphatic carbocycles. The summed E-state index contributed by atoms with van der Waals surface area (Å²) < 4.78 is 51.9. The zero-order valence-corrected chi connectivity index (χ0v) is 16.9. The van der Waals surface area contributed by atoms with Crippen LogP contribution in [-0.4, -0.2) is 29.3 Å². The molecule has 2 N–H and O–H groups in total. The van der Waals surface area contributed by atoms with Crippen molar-refractivity contribution in [2.75, 3.05) is 11.9 Å². The Morgan fingerprint density at radius 2 is 1.80 bits per heavy atom. The Morgan fingerprint density at radius 3 is 2.40 bits per heavy atom. The number of hydrogen-bond donors (Lipinski definition) is 2. The highest BCUT2D eigenvalue weighted by Gasteiger charge is 2.49. The molecule has 1 atom stereocenters. The summed E-state index contributed by atoms with van der Waals surface area (Å²) in [5, 5.41) is 4.69. The first-order valence-corrected chi connectivity index (χ1v) is 9.28. The number of imide groups is 1. The van der Waals surface area contributed by atoms with Gasteiger partial charge in [0.05, 0.1) is 5.56 Å². The molecule has 0 spiro atoms. The van der Waals surface area contributed by atoms with Crippen LogP contribution in [0.4, 0.5) is 28.0 Å².